The summed E-state index contributed by atoms with van der Waals surface area (Å²) in [6.07, 6.45) is 0. The molecule has 0 saturated heterocycles. The molecule has 314 valence electrons. The van der Waals surface area contributed by atoms with Crippen LogP contribution in [0.2, 0.25) is 0 Å². The fourth-order valence-electron chi connectivity index (χ4n) is 10.1. The molecule has 0 unspecified atom stereocenters. The molecule has 0 atom stereocenters. The Bertz CT molecular complexity index is 3560. The maximum absolute atomic E-state index is 5.08. The summed E-state index contributed by atoms with van der Waals surface area (Å²) in [5, 5.41) is 23.3. The van der Waals surface area contributed by atoms with Crippen molar-refractivity contribution in [3.63, 3.8) is 0 Å². The highest BCUT2D eigenvalue weighted by molar-refractivity contribution is 7.18. The molecule has 66 heavy (non-hydrogen) atoms. The first kappa shape index (κ1) is 38.8. The molecule has 0 saturated carbocycles. The quantitative estimate of drug-likeness (QED) is 0.152. The van der Waals surface area contributed by atoms with E-state index in [0.717, 1.165) is 87.1 Å². The molecule has 6 heterocycles. The highest BCUT2D eigenvalue weighted by Gasteiger charge is 2.36. The molecule has 0 N–H and O–H groups in total. The zero-order valence-corrected chi connectivity index (χ0v) is 38.0. The van der Waals surface area contributed by atoms with Crippen LogP contribution < -0.4 is 0 Å². The second-order valence-electron chi connectivity index (χ2n) is 18.1. The van der Waals surface area contributed by atoms with Crippen molar-refractivity contribution in [3.8, 4) is 87.6 Å². The van der Waals surface area contributed by atoms with Crippen molar-refractivity contribution in [2.24, 2.45) is 0 Å². The lowest BCUT2D eigenvalue weighted by atomic mass is 9.82. The first-order valence-electron chi connectivity index (χ1n) is 22.0. The van der Waals surface area contributed by atoms with Crippen LogP contribution in [0.1, 0.15) is 49.9 Å². The van der Waals surface area contributed by atoms with E-state index >= 15 is 0 Å². The van der Waals surface area contributed by atoms with Crippen molar-refractivity contribution in [2.75, 3.05) is 0 Å². The van der Waals surface area contributed by atoms with Gasteiger partial charge in [0.15, 0.2) is 20.0 Å². The molecule has 0 amide bonds. The Morgan fingerprint density at radius 3 is 1.14 bits per heavy atom. The molecule has 2 aliphatic rings. The zero-order valence-electron chi connectivity index (χ0n) is 36.4. The van der Waals surface area contributed by atoms with Crippen LogP contribution in [0.5, 0.6) is 0 Å². The number of hydrogen-bond acceptors (Lipinski definition) is 10. The molecule has 0 radical (unpaired) electrons. The van der Waals surface area contributed by atoms with Gasteiger partial charge in [-0.2, -0.15) is 0 Å². The fraction of sp³-hybridized carbons (Fsp3) is 0.107. The molecular formula is C56H38N8S2. The van der Waals surface area contributed by atoms with Crippen molar-refractivity contribution < 1.29 is 0 Å². The van der Waals surface area contributed by atoms with Crippen LogP contribution in [-0.2, 0) is 10.8 Å². The van der Waals surface area contributed by atoms with Gasteiger partial charge in [0.1, 0.15) is 22.8 Å². The van der Waals surface area contributed by atoms with Gasteiger partial charge in [-0.25, -0.2) is 19.9 Å². The van der Waals surface area contributed by atoms with E-state index in [1.54, 1.807) is 0 Å². The Labute approximate surface area is 388 Å². The number of nitrogens with zero attached hydrogens (tertiary/aromatic N) is 8. The van der Waals surface area contributed by atoms with Gasteiger partial charge in [-0.05, 0) is 117 Å². The normalized spacial score (nSPS) is 14.0. The Kier molecular flexibility index (Phi) is 8.47. The minimum Gasteiger partial charge on any atom is -0.245 e. The third-order valence-corrected chi connectivity index (χ3v) is 15.5. The summed E-state index contributed by atoms with van der Waals surface area (Å²) in [5.74, 6) is 0. The summed E-state index contributed by atoms with van der Waals surface area (Å²) in [5.41, 5.74) is 19.2. The smallest absolute Gasteiger partial charge is 0.166 e. The molecule has 5 aromatic carbocycles. The van der Waals surface area contributed by atoms with Gasteiger partial charge in [0.25, 0.3) is 0 Å². The monoisotopic (exact) mass is 886 g/mol. The average molecular weight is 887 g/mol. The van der Waals surface area contributed by atoms with E-state index in [2.05, 4.69) is 157 Å². The molecule has 13 rings (SSSR count). The predicted octanol–water partition coefficient (Wildman–Crippen LogP) is 13.9. The van der Waals surface area contributed by atoms with Gasteiger partial charge in [-0.15, -0.1) is 20.4 Å². The summed E-state index contributed by atoms with van der Waals surface area (Å²) in [6.45, 7) is 9.20. The lowest BCUT2D eigenvalue weighted by molar-refractivity contribution is 0.660. The number of benzene rings is 5. The van der Waals surface area contributed by atoms with E-state index in [1.807, 2.05) is 48.5 Å². The van der Waals surface area contributed by atoms with Gasteiger partial charge in [-0.3, -0.25) is 0 Å². The van der Waals surface area contributed by atoms with Gasteiger partial charge >= 0.3 is 0 Å². The lowest BCUT2D eigenvalue weighted by Crippen LogP contribution is -2.14. The second-order valence-corrected chi connectivity index (χ2v) is 20.0. The van der Waals surface area contributed by atoms with Gasteiger partial charge in [0.05, 0.1) is 22.4 Å². The van der Waals surface area contributed by atoms with Crippen LogP contribution in [0, 0.1) is 0 Å². The van der Waals surface area contributed by atoms with E-state index in [-0.39, 0.29) is 10.8 Å². The molecule has 0 aliphatic heterocycles. The van der Waals surface area contributed by atoms with Crippen LogP contribution >= 0.6 is 22.7 Å². The number of fused-ring (bicyclic) bond motifs is 9. The molecule has 2 aliphatic carbocycles. The number of aromatic nitrogens is 8. The molecule has 0 bridgehead atoms. The third kappa shape index (κ3) is 6.02. The van der Waals surface area contributed by atoms with E-state index < -0.39 is 0 Å². The largest absolute Gasteiger partial charge is 0.245 e. The van der Waals surface area contributed by atoms with Crippen molar-refractivity contribution in [2.45, 2.75) is 38.5 Å². The SMILES string of the molecule is CC1(C)c2ccccc2-c2ccc(-c3cccc(-c4nnc(-c5ccc6c(ccc7nc(-c8nnc(-c9cccc(-c%10ccc%11c(c%10)C(C)(C)c%10ccccc%10-%11)n9)s8)ccc76)n5)s4)n3)cc21. The van der Waals surface area contributed by atoms with E-state index in [4.69, 9.17) is 19.9 Å². The van der Waals surface area contributed by atoms with Crippen molar-refractivity contribution in [1.82, 2.24) is 40.3 Å². The van der Waals surface area contributed by atoms with Gasteiger partial charge in [0, 0.05) is 32.7 Å². The molecule has 11 aromatic rings. The van der Waals surface area contributed by atoms with Crippen LogP contribution in [0.15, 0.2) is 158 Å². The fourth-order valence-corrected chi connectivity index (χ4v) is 11.6. The topological polar surface area (TPSA) is 103 Å². The Hall–Kier alpha value is -7.66. The zero-order chi connectivity index (χ0) is 44.3. The number of rotatable bonds is 6. The Morgan fingerprint density at radius 1 is 0.318 bits per heavy atom. The van der Waals surface area contributed by atoms with Crippen molar-refractivity contribution >= 4 is 44.5 Å². The number of pyridine rings is 4. The van der Waals surface area contributed by atoms with Gasteiger partial charge in [0.2, 0.25) is 0 Å². The summed E-state index contributed by atoms with van der Waals surface area (Å²) in [4.78, 5) is 20.2. The maximum atomic E-state index is 5.08. The van der Waals surface area contributed by atoms with Crippen LogP contribution in [0.4, 0.5) is 0 Å². The van der Waals surface area contributed by atoms with Gasteiger partial charge < -0.3 is 0 Å². The second kappa shape index (κ2) is 14.4. The summed E-state index contributed by atoms with van der Waals surface area (Å²) in [6, 6.07) is 55.3. The standard InChI is InChI=1S/C56H38N8S2/c1-55(2)39-13-7-5-11-33(39)35-21-19-31(29-41(35)55)43-15-9-17-47(57-43)51-61-63-53(65-51)49-25-23-37-38-24-26-50(60-46(38)28-27-45(37)59-49)54-64-62-52(66-54)48-18-10-16-44(58-48)32-20-22-36-34-12-6-8-14-40(34)56(3,4)42(36)30-32/h5-30H,1-4H3. The summed E-state index contributed by atoms with van der Waals surface area (Å²) >= 11 is 2.98. The Morgan fingerprint density at radius 2 is 0.697 bits per heavy atom. The highest BCUT2D eigenvalue weighted by Crippen LogP contribution is 2.51. The minimum absolute atomic E-state index is 0.0830. The molecule has 8 nitrogen and oxygen atoms in total. The summed E-state index contributed by atoms with van der Waals surface area (Å²) < 4.78 is 0. The molecule has 0 spiro atoms. The minimum atomic E-state index is -0.0830. The van der Waals surface area contributed by atoms with E-state index in [9.17, 15) is 0 Å². The predicted molar refractivity (Wildman–Crippen MR) is 267 cm³/mol. The third-order valence-electron chi connectivity index (χ3n) is 13.5. The van der Waals surface area contributed by atoms with E-state index in [1.165, 1.54) is 67.2 Å². The van der Waals surface area contributed by atoms with Crippen LogP contribution in [-0.4, -0.2) is 40.3 Å². The van der Waals surface area contributed by atoms with Crippen LogP contribution in [0.3, 0.4) is 0 Å². The van der Waals surface area contributed by atoms with Crippen molar-refractivity contribution in [3.05, 3.63) is 180 Å². The summed E-state index contributed by atoms with van der Waals surface area (Å²) in [7, 11) is 0. The number of hydrogen-bond donors (Lipinski definition) is 0. The van der Waals surface area contributed by atoms with Gasteiger partial charge in [-0.1, -0.05) is 135 Å². The van der Waals surface area contributed by atoms with E-state index in [0.29, 0.717) is 0 Å². The molecule has 10 heteroatoms. The van der Waals surface area contributed by atoms with Crippen LogP contribution in [0.25, 0.3) is 109 Å². The lowest BCUT2D eigenvalue weighted by Gasteiger charge is -2.21. The highest BCUT2D eigenvalue weighted by atomic mass is 32.1. The average Bonchev–Trinajstić information content (AvgIpc) is 4.15. The molecular weight excluding hydrogens is 849 g/mol. The Balaban J connectivity index is 0.746. The first-order chi connectivity index (χ1) is 32.2. The molecule has 0 fully saturated rings. The maximum Gasteiger partial charge on any atom is 0.166 e. The van der Waals surface area contributed by atoms with Crippen molar-refractivity contribution in [1.29, 1.82) is 0 Å². The molecule has 6 aromatic heterocycles. The first-order valence-corrected chi connectivity index (χ1v) is 23.6.